The van der Waals surface area contributed by atoms with Crippen LogP contribution in [0, 0.1) is 0 Å². The lowest BCUT2D eigenvalue weighted by Gasteiger charge is -2.36. The molecule has 17 heavy (non-hydrogen) atoms. The van der Waals surface area contributed by atoms with E-state index in [1.54, 1.807) is 0 Å². The van der Waals surface area contributed by atoms with E-state index in [2.05, 4.69) is 37.9 Å². The predicted molar refractivity (Wildman–Crippen MR) is 73.2 cm³/mol. The second-order valence-electron chi connectivity index (χ2n) is 5.09. The van der Waals surface area contributed by atoms with Gasteiger partial charge in [0.1, 0.15) is 0 Å². The first-order chi connectivity index (χ1) is 8.22. The molecule has 4 heteroatoms. The maximum atomic E-state index is 6.29. The lowest BCUT2D eigenvalue weighted by atomic mass is 10.0. The summed E-state index contributed by atoms with van der Waals surface area (Å²) in [6.45, 7) is 0.978. The first-order valence-electron chi connectivity index (χ1n) is 6.22. The first kappa shape index (κ1) is 11.9. The minimum absolute atomic E-state index is 0.390. The smallest absolute Gasteiger partial charge is 0.0545 e. The van der Waals surface area contributed by atoms with E-state index in [-0.39, 0.29) is 0 Å². The SMILES string of the molecule is ClC1CC2CCC(C1)N2Cc1ccc(Br)cn1. The highest BCUT2D eigenvalue weighted by atomic mass is 79.9. The van der Waals surface area contributed by atoms with E-state index in [0.29, 0.717) is 17.5 Å². The van der Waals surface area contributed by atoms with Crippen LogP contribution in [0.15, 0.2) is 22.8 Å². The van der Waals surface area contributed by atoms with Gasteiger partial charge in [0.15, 0.2) is 0 Å². The van der Waals surface area contributed by atoms with Gasteiger partial charge in [-0.25, -0.2) is 0 Å². The van der Waals surface area contributed by atoms with Crippen molar-refractivity contribution in [2.24, 2.45) is 0 Å². The Balaban J connectivity index is 1.72. The monoisotopic (exact) mass is 314 g/mol. The number of rotatable bonds is 2. The van der Waals surface area contributed by atoms with E-state index in [4.69, 9.17) is 11.6 Å². The number of halogens is 2. The van der Waals surface area contributed by atoms with Gasteiger partial charge in [0.05, 0.1) is 5.69 Å². The van der Waals surface area contributed by atoms with Crippen LogP contribution in [0.25, 0.3) is 0 Å². The van der Waals surface area contributed by atoms with Crippen molar-refractivity contribution in [2.45, 2.75) is 49.7 Å². The predicted octanol–water partition coefficient (Wildman–Crippen LogP) is 3.58. The Morgan fingerprint density at radius 2 is 2.00 bits per heavy atom. The molecule has 0 radical (unpaired) electrons. The molecule has 3 heterocycles. The largest absolute Gasteiger partial charge is 0.292 e. The van der Waals surface area contributed by atoms with E-state index in [1.165, 1.54) is 12.8 Å². The fraction of sp³-hybridized carbons (Fsp3) is 0.615. The van der Waals surface area contributed by atoms with Crippen molar-refractivity contribution < 1.29 is 0 Å². The third-order valence-electron chi connectivity index (χ3n) is 3.96. The van der Waals surface area contributed by atoms with E-state index >= 15 is 0 Å². The number of piperidine rings is 1. The van der Waals surface area contributed by atoms with E-state index in [9.17, 15) is 0 Å². The highest BCUT2D eigenvalue weighted by Gasteiger charge is 2.39. The number of pyridine rings is 1. The topological polar surface area (TPSA) is 16.1 Å². The third-order valence-corrected chi connectivity index (χ3v) is 4.79. The number of aromatic nitrogens is 1. The van der Waals surface area contributed by atoms with Gasteiger partial charge in [0.25, 0.3) is 0 Å². The molecule has 2 nitrogen and oxygen atoms in total. The molecule has 3 rings (SSSR count). The van der Waals surface area contributed by atoms with Crippen LogP contribution in [0.2, 0.25) is 0 Å². The highest BCUT2D eigenvalue weighted by molar-refractivity contribution is 9.10. The Kier molecular flexibility index (Phi) is 3.42. The molecule has 0 N–H and O–H groups in total. The quantitative estimate of drug-likeness (QED) is 0.776. The van der Waals surface area contributed by atoms with Crippen molar-refractivity contribution in [1.82, 2.24) is 9.88 Å². The Hall–Kier alpha value is -0.120. The summed E-state index contributed by atoms with van der Waals surface area (Å²) in [5, 5.41) is 0.390. The van der Waals surface area contributed by atoms with Gasteiger partial charge >= 0.3 is 0 Å². The molecule has 92 valence electrons. The van der Waals surface area contributed by atoms with Crippen LogP contribution < -0.4 is 0 Å². The molecule has 2 atom stereocenters. The average Bonchev–Trinajstić information content (AvgIpc) is 2.56. The van der Waals surface area contributed by atoms with Gasteiger partial charge < -0.3 is 0 Å². The zero-order valence-electron chi connectivity index (χ0n) is 9.65. The molecular formula is C13H16BrClN2. The summed E-state index contributed by atoms with van der Waals surface area (Å²) in [4.78, 5) is 7.07. The molecule has 1 aromatic heterocycles. The summed E-state index contributed by atoms with van der Waals surface area (Å²) in [7, 11) is 0. The van der Waals surface area contributed by atoms with Crippen LogP contribution >= 0.6 is 27.5 Å². The second-order valence-corrected chi connectivity index (χ2v) is 6.63. The molecular weight excluding hydrogens is 300 g/mol. The summed E-state index contributed by atoms with van der Waals surface area (Å²) in [5.74, 6) is 0. The van der Waals surface area contributed by atoms with Crippen molar-refractivity contribution >= 4 is 27.5 Å². The lowest BCUT2D eigenvalue weighted by Crippen LogP contribution is -2.42. The van der Waals surface area contributed by atoms with Crippen LogP contribution in [0.3, 0.4) is 0 Å². The molecule has 0 aliphatic carbocycles. The number of hydrogen-bond donors (Lipinski definition) is 0. The molecule has 2 aliphatic heterocycles. The molecule has 2 unspecified atom stereocenters. The van der Waals surface area contributed by atoms with Gasteiger partial charge in [0, 0.05) is 34.7 Å². The standard InChI is InChI=1S/C13H16BrClN2/c14-9-1-2-11(16-7-9)8-17-12-3-4-13(17)6-10(15)5-12/h1-2,7,10,12-13H,3-6,8H2. The molecule has 1 aromatic rings. The van der Waals surface area contributed by atoms with Gasteiger partial charge in [0.2, 0.25) is 0 Å². The van der Waals surface area contributed by atoms with Gasteiger partial charge in [-0.1, -0.05) is 0 Å². The number of hydrogen-bond acceptors (Lipinski definition) is 2. The Morgan fingerprint density at radius 3 is 2.59 bits per heavy atom. The highest BCUT2D eigenvalue weighted by Crippen LogP contribution is 2.38. The van der Waals surface area contributed by atoms with Crippen LogP contribution in [0.1, 0.15) is 31.4 Å². The molecule has 2 bridgehead atoms. The fourth-order valence-electron chi connectivity index (χ4n) is 3.15. The maximum Gasteiger partial charge on any atom is 0.0545 e. The number of fused-ring (bicyclic) bond motifs is 2. The summed E-state index contributed by atoms with van der Waals surface area (Å²) < 4.78 is 1.05. The molecule has 2 saturated heterocycles. The molecule has 0 spiro atoms. The van der Waals surface area contributed by atoms with E-state index < -0.39 is 0 Å². The molecule has 0 aromatic carbocycles. The zero-order chi connectivity index (χ0) is 11.8. The summed E-state index contributed by atoms with van der Waals surface area (Å²) in [5.41, 5.74) is 1.16. The van der Waals surface area contributed by atoms with Crippen molar-refractivity contribution in [3.05, 3.63) is 28.5 Å². The summed E-state index contributed by atoms with van der Waals surface area (Å²) in [6, 6.07) is 5.54. The maximum absolute atomic E-state index is 6.29. The van der Waals surface area contributed by atoms with Crippen molar-refractivity contribution in [1.29, 1.82) is 0 Å². The van der Waals surface area contributed by atoms with Crippen molar-refractivity contribution in [3.8, 4) is 0 Å². The van der Waals surface area contributed by atoms with Crippen LogP contribution in [-0.4, -0.2) is 27.3 Å². The first-order valence-corrected chi connectivity index (χ1v) is 7.45. The van der Waals surface area contributed by atoms with Gasteiger partial charge in [-0.2, -0.15) is 0 Å². The number of nitrogens with zero attached hydrogens (tertiary/aromatic N) is 2. The Bertz CT molecular complexity index is 381. The minimum atomic E-state index is 0.390. The number of alkyl halides is 1. The van der Waals surface area contributed by atoms with E-state index in [1.807, 2.05) is 6.20 Å². The second kappa shape index (κ2) is 4.87. The summed E-state index contributed by atoms with van der Waals surface area (Å²) >= 11 is 9.71. The Morgan fingerprint density at radius 1 is 1.29 bits per heavy atom. The average molecular weight is 316 g/mol. The third kappa shape index (κ3) is 2.51. The van der Waals surface area contributed by atoms with E-state index in [0.717, 1.165) is 29.6 Å². The molecule has 2 fully saturated rings. The lowest BCUT2D eigenvalue weighted by molar-refractivity contribution is 0.133. The van der Waals surface area contributed by atoms with Crippen molar-refractivity contribution in [2.75, 3.05) is 0 Å². The van der Waals surface area contributed by atoms with Gasteiger partial charge in [-0.05, 0) is 53.7 Å². The van der Waals surface area contributed by atoms with Crippen LogP contribution in [0.4, 0.5) is 0 Å². The van der Waals surface area contributed by atoms with Gasteiger partial charge in [-0.15, -0.1) is 11.6 Å². The summed E-state index contributed by atoms with van der Waals surface area (Å²) in [6.07, 6.45) is 6.80. The van der Waals surface area contributed by atoms with Crippen LogP contribution in [-0.2, 0) is 6.54 Å². The molecule has 0 saturated carbocycles. The van der Waals surface area contributed by atoms with Gasteiger partial charge in [-0.3, -0.25) is 9.88 Å². The fourth-order valence-corrected chi connectivity index (χ4v) is 3.80. The minimum Gasteiger partial charge on any atom is -0.292 e. The van der Waals surface area contributed by atoms with Crippen molar-refractivity contribution in [3.63, 3.8) is 0 Å². The molecule has 2 aliphatic rings. The van der Waals surface area contributed by atoms with Crippen LogP contribution in [0.5, 0.6) is 0 Å². The zero-order valence-corrected chi connectivity index (χ0v) is 12.0. The molecule has 0 amide bonds. The Labute approximate surface area is 115 Å². The normalized spacial score (nSPS) is 32.9.